The number of rotatable bonds is 6. The fourth-order valence-electron chi connectivity index (χ4n) is 3.81. The lowest BCUT2D eigenvalue weighted by Gasteiger charge is -2.38. The maximum Gasteiger partial charge on any atom is 0.251 e. The number of amides is 1. The van der Waals surface area contributed by atoms with Crippen LogP contribution in [0.15, 0.2) is 48.5 Å². The largest absolute Gasteiger partial charge is 0.348 e. The Bertz CT molecular complexity index is 766. The highest BCUT2D eigenvalue weighted by Gasteiger charge is 2.29. The minimum atomic E-state index is -0.0815. The summed E-state index contributed by atoms with van der Waals surface area (Å²) in [4.78, 5) is 15.1. The molecule has 1 saturated carbocycles. The van der Waals surface area contributed by atoms with Crippen LogP contribution in [0, 0.1) is 0 Å². The fraction of sp³-hybridized carbons (Fsp3) is 0.409. The number of carbonyl (C=O) groups is 1. The smallest absolute Gasteiger partial charge is 0.251 e. The van der Waals surface area contributed by atoms with Gasteiger partial charge >= 0.3 is 0 Å². The summed E-state index contributed by atoms with van der Waals surface area (Å²) in [5.74, 6) is -0.0815. The molecule has 0 spiro atoms. The van der Waals surface area contributed by atoms with Crippen LogP contribution in [0.2, 0.25) is 10.0 Å². The van der Waals surface area contributed by atoms with Gasteiger partial charge < -0.3 is 10.2 Å². The van der Waals surface area contributed by atoms with Gasteiger partial charge in [-0.05, 0) is 50.1 Å². The zero-order valence-corrected chi connectivity index (χ0v) is 17.1. The van der Waals surface area contributed by atoms with E-state index in [2.05, 4.69) is 41.5 Å². The number of hydrogen-bond donors (Lipinski definition) is 1. The Balaban J connectivity index is 1.62. The molecule has 27 heavy (non-hydrogen) atoms. The quantitative estimate of drug-likeness (QED) is 0.716. The van der Waals surface area contributed by atoms with E-state index in [-0.39, 0.29) is 11.9 Å². The molecule has 3 nitrogen and oxygen atoms in total. The van der Waals surface area contributed by atoms with Gasteiger partial charge in [-0.25, -0.2) is 0 Å². The van der Waals surface area contributed by atoms with Crippen LogP contribution in [0.25, 0.3) is 0 Å². The van der Waals surface area contributed by atoms with Crippen LogP contribution in [-0.2, 0) is 6.42 Å². The average molecular weight is 405 g/mol. The highest BCUT2D eigenvalue weighted by atomic mass is 35.5. The fourth-order valence-corrected chi connectivity index (χ4v) is 4.11. The van der Waals surface area contributed by atoms with Gasteiger partial charge in [-0.3, -0.25) is 4.79 Å². The van der Waals surface area contributed by atoms with Crippen molar-refractivity contribution in [2.24, 2.45) is 0 Å². The molecule has 0 bridgehead atoms. The molecular formula is C22H26Cl2N2O. The molecule has 0 radical (unpaired) electrons. The van der Waals surface area contributed by atoms with Crippen LogP contribution in [-0.4, -0.2) is 36.5 Å². The minimum Gasteiger partial charge on any atom is -0.348 e. The van der Waals surface area contributed by atoms with Gasteiger partial charge in [0.25, 0.3) is 5.91 Å². The van der Waals surface area contributed by atoms with Crippen molar-refractivity contribution in [1.29, 1.82) is 0 Å². The Morgan fingerprint density at radius 2 is 1.81 bits per heavy atom. The predicted octanol–water partition coefficient (Wildman–Crippen LogP) is 5.21. The first-order valence-corrected chi connectivity index (χ1v) is 10.3. The summed E-state index contributed by atoms with van der Waals surface area (Å²) in [5.41, 5.74) is 1.90. The molecule has 0 saturated heterocycles. The van der Waals surface area contributed by atoms with Gasteiger partial charge in [-0.2, -0.15) is 0 Å². The van der Waals surface area contributed by atoms with Crippen molar-refractivity contribution < 1.29 is 4.79 Å². The lowest BCUT2D eigenvalue weighted by atomic mass is 9.89. The molecule has 0 heterocycles. The van der Waals surface area contributed by atoms with Gasteiger partial charge in [0, 0.05) is 24.2 Å². The van der Waals surface area contributed by atoms with E-state index in [1.807, 2.05) is 6.07 Å². The molecule has 0 aromatic heterocycles. The summed E-state index contributed by atoms with van der Waals surface area (Å²) in [6, 6.07) is 16.1. The van der Waals surface area contributed by atoms with Crippen molar-refractivity contribution in [3.63, 3.8) is 0 Å². The molecule has 3 rings (SSSR count). The standard InChI is InChI=1S/C22H26Cl2N2O/c1-26(14-13-16-7-3-2-4-8-16)21-10-6-5-9-20(21)25-22(27)17-11-12-18(23)19(24)15-17/h2-4,7-8,11-12,15,20-21H,5-6,9-10,13-14H2,1H3,(H,25,27)/t20-,21-/m1/s1. The Morgan fingerprint density at radius 1 is 1.07 bits per heavy atom. The SMILES string of the molecule is CN(CCc1ccccc1)[C@@H]1CCCC[C@H]1NC(=O)c1ccc(Cl)c(Cl)c1. The molecular weight excluding hydrogens is 379 g/mol. The zero-order chi connectivity index (χ0) is 19.2. The van der Waals surface area contributed by atoms with Gasteiger partial charge in [0.15, 0.2) is 0 Å². The Kier molecular flexibility index (Phi) is 7.17. The van der Waals surface area contributed by atoms with Gasteiger partial charge in [0.05, 0.1) is 10.0 Å². The first-order valence-electron chi connectivity index (χ1n) is 9.54. The van der Waals surface area contributed by atoms with Crippen molar-refractivity contribution in [2.45, 2.75) is 44.2 Å². The lowest BCUT2D eigenvalue weighted by molar-refractivity contribution is 0.0865. The van der Waals surface area contributed by atoms with Crippen LogP contribution in [0.3, 0.4) is 0 Å². The van der Waals surface area contributed by atoms with Crippen molar-refractivity contribution in [3.05, 3.63) is 69.7 Å². The third-order valence-electron chi connectivity index (χ3n) is 5.39. The van der Waals surface area contributed by atoms with E-state index in [0.717, 1.165) is 32.2 Å². The summed E-state index contributed by atoms with van der Waals surface area (Å²) in [6.07, 6.45) is 5.49. The van der Waals surface area contributed by atoms with Gasteiger partial charge in [0.1, 0.15) is 0 Å². The maximum atomic E-state index is 12.7. The third kappa shape index (κ3) is 5.47. The number of nitrogens with one attached hydrogen (secondary N) is 1. The second kappa shape index (κ2) is 9.59. The number of carbonyl (C=O) groups excluding carboxylic acids is 1. The average Bonchev–Trinajstić information content (AvgIpc) is 2.69. The van der Waals surface area contributed by atoms with Crippen LogP contribution < -0.4 is 5.32 Å². The highest BCUT2D eigenvalue weighted by molar-refractivity contribution is 6.42. The molecule has 0 unspecified atom stereocenters. The molecule has 2 atom stereocenters. The maximum absolute atomic E-state index is 12.7. The first kappa shape index (κ1) is 20.2. The molecule has 1 N–H and O–H groups in total. The Hall–Kier alpha value is -1.55. The van der Waals surface area contributed by atoms with Crippen molar-refractivity contribution in [1.82, 2.24) is 10.2 Å². The van der Waals surface area contributed by atoms with Gasteiger partial charge in [-0.15, -0.1) is 0 Å². The van der Waals surface area contributed by atoms with E-state index in [4.69, 9.17) is 23.2 Å². The molecule has 1 fully saturated rings. The molecule has 5 heteroatoms. The highest BCUT2D eigenvalue weighted by Crippen LogP contribution is 2.25. The minimum absolute atomic E-state index is 0.0815. The summed E-state index contributed by atoms with van der Waals surface area (Å²) < 4.78 is 0. The zero-order valence-electron chi connectivity index (χ0n) is 15.6. The number of likely N-dealkylation sites (N-methyl/N-ethyl adjacent to an activating group) is 1. The number of halogens is 2. The summed E-state index contributed by atoms with van der Waals surface area (Å²) in [7, 11) is 2.16. The summed E-state index contributed by atoms with van der Waals surface area (Å²) in [5, 5.41) is 4.10. The van der Waals surface area contributed by atoms with E-state index < -0.39 is 0 Å². The third-order valence-corrected chi connectivity index (χ3v) is 6.13. The summed E-state index contributed by atoms with van der Waals surface area (Å²) >= 11 is 12.0. The number of benzene rings is 2. The lowest BCUT2D eigenvalue weighted by Crippen LogP contribution is -2.52. The van der Waals surface area contributed by atoms with Crippen molar-refractivity contribution >= 4 is 29.1 Å². The molecule has 1 aliphatic carbocycles. The van der Waals surface area contributed by atoms with Crippen molar-refractivity contribution in [3.8, 4) is 0 Å². The second-order valence-corrected chi connectivity index (χ2v) is 8.09. The van der Waals surface area contributed by atoms with E-state index in [1.54, 1.807) is 18.2 Å². The molecule has 2 aromatic carbocycles. The van der Waals surface area contributed by atoms with E-state index in [1.165, 1.54) is 12.0 Å². The van der Waals surface area contributed by atoms with Crippen LogP contribution in [0.1, 0.15) is 41.6 Å². The van der Waals surface area contributed by atoms with E-state index >= 15 is 0 Å². The number of nitrogens with zero attached hydrogens (tertiary/aromatic N) is 1. The van der Waals surface area contributed by atoms with Crippen LogP contribution in [0.5, 0.6) is 0 Å². The Morgan fingerprint density at radius 3 is 2.56 bits per heavy atom. The van der Waals surface area contributed by atoms with Crippen LogP contribution in [0.4, 0.5) is 0 Å². The monoisotopic (exact) mass is 404 g/mol. The first-order chi connectivity index (χ1) is 13.0. The van der Waals surface area contributed by atoms with E-state index in [0.29, 0.717) is 21.7 Å². The molecule has 1 amide bonds. The molecule has 0 aliphatic heterocycles. The molecule has 144 valence electrons. The van der Waals surface area contributed by atoms with Gasteiger partial charge in [-0.1, -0.05) is 66.4 Å². The topological polar surface area (TPSA) is 32.3 Å². The molecule has 1 aliphatic rings. The predicted molar refractivity (Wildman–Crippen MR) is 113 cm³/mol. The normalized spacial score (nSPS) is 19.9. The molecule has 2 aromatic rings. The van der Waals surface area contributed by atoms with Crippen LogP contribution >= 0.6 is 23.2 Å². The van der Waals surface area contributed by atoms with Gasteiger partial charge in [0.2, 0.25) is 0 Å². The number of hydrogen-bond acceptors (Lipinski definition) is 2. The summed E-state index contributed by atoms with van der Waals surface area (Å²) in [6.45, 7) is 0.980. The second-order valence-electron chi connectivity index (χ2n) is 7.28. The van der Waals surface area contributed by atoms with Crippen molar-refractivity contribution in [2.75, 3.05) is 13.6 Å². The van der Waals surface area contributed by atoms with E-state index in [9.17, 15) is 4.79 Å². The Labute approximate surface area is 171 Å².